The van der Waals surface area contributed by atoms with E-state index in [1.54, 1.807) is 4.90 Å². The number of carbonyl (C=O) groups is 3. The summed E-state index contributed by atoms with van der Waals surface area (Å²) < 4.78 is 6.40. The van der Waals surface area contributed by atoms with Crippen molar-refractivity contribution in [3.8, 4) is 0 Å². The first-order valence-electron chi connectivity index (χ1n) is 12.9. The molecule has 2 fully saturated rings. The van der Waals surface area contributed by atoms with E-state index in [-0.39, 0.29) is 24.3 Å². The van der Waals surface area contributed by atoms with Crippen LogP contribution < -0.4 is 10.6 Å². The van der Waals surface area contributed by atoms with Crippen molar-refractivity contribution < 1.29 is 19.1 Å². The van der Waals surface area contributed by atoms with Crippen LogP contribution in [0.2, 0.25) is 0 Å². The number of ether oxygens (including phenoxy) is 1. The maximum absolute atomic E-state index is 14.0. The fourth-order valence-corrected chi connectivity index (χ4v) is 6.00. The number of amides is 3. The quantitative estimate of drug-likeness (QED) is 0.459. The zero-order chi connectivity index (χ0) is 26.1. The van der Waals surface area contributed by atoms with Gasteiger partial charge in [0.05, 0.1) is 17.9 Å². The Morgan fingerprint density at radius 2 is 1.29 bits per heavy atom. The number of rotatable bonds is 8. The molecule has 0 unspecified atom stereocenters. The average molecular weight is 508 g/mol. The molecule has 7 heteroatoms. The maximum Gasteiger partial charge on any atom is 0.246 e. The van der Waals surface area contributed by atoms with E-state index in [1.807, 2.05) is 103 Å². The van der Waals surface area contributed by atoms with Crippen LogP contribution in [-0.2, 0) is 38.8 Å². The molecule has 3 heterocycles. The zero-order valence-corrected chi connectivity index (χ0v) is 20.8. The number of nitrogens with one attached hydrogen (secondary N) is 2. The Labute approximate surface area is 221 Å². The molecule has 0 saturated carbocycles. The highest BCUT2D eigenvalue weighted by Gasteiger charge is 2.72. The molecule has 7 nitrogen and oxygen atoms in total. The molecule has 0 radical (unpaired) electrons. The fraction of sp³-hybridized carbons (Fsp3) is 0.258. The largest absolute Gasteiger partial charge is 0.359 e. The summed E-state index contributed by atoms with van der Waals surface area (Å²) in [4.78, 5) is 42.8. The first-order valence-corrected chi connectivity index (χ1v) is 12.9. The molecule has 1 spiro atoms. The lowest BCUT2D eigenvalue weighted by molar-refractivity contribution is -0.142. The second-order valence-electron chi connectivity index (χ2n) is 10.1. The Hall–Kier alpha value is -4.23. The molecule has 3 aromatic rings. The number of likely N-dealkylation sites (tertiary alicyclic amines) is 1. The van der Waals surface area contributed by atoms with Gasteiger partial charge in [-0.1, -0.05) is 103 Å². The number of carbonyl (C=O) groups excluding carboxylic acids is 3. The Kier molecular flexibility index (Phi) is 6.29. The number of benzene rings is 3. The highest BCUT2D eigenvalue weighted by molar-refractivity contribution is 5.99. The lowest BCUT2D eigenvalue weighted by atomic mass is 9.74. The molecule has 2 saturated heterocycles. The van der Waals surface area contributed by atoms with Crippen LogP contribution in [0.5, 0.6) is 0 Å². The molecule has 192 valence electrons. The molecule has 2 bridgehead atoms. The summed E-state index contributed by atoms with van der Waals surface area (Å²) in [5.41, 5.74) is 1.64. The van der Waals surface area contributed by atoms with Crippen LogP contribution in [0.25, 0.3) is 0 Å². The summed E-state index contributed by atoms with van der Waals surface area (Å²) >= 11 is 0. The monoisotopic (exact) mass is 507 g/mol. The van der Waals surface area contributed by atoms with Gasteiger partial charge in [-0.15, -0.1) is 0 Å². The summed E-state index contributed by atoms with van der Waals surface area (Å²) in [6.07, 6.45) is 3.11. The molecule has 6 rings (SSSR count). The zero-order valence-electron chi connectivity index (χ0n) is 20.8. The Morgan fingerprint density at radius 3 is 1.87 bits per heavy atom. The third-order valence-corrected chi connectivity index (χ3v) is 7.74. The van der Waals surface area contributed by atoms with Crippen LogP contribution in [0.1, 0.15) is 16.7 Å². The lowest BCUT2D eigenvalue weighted by Crippen LogP contribution is -2.54. The van der Waals surface area contributed by atoms with Crippen molar-refractivity contribution >= 4 is 17.7 Å². The van der Waals surface area contributed by atoms with E-state index in [4.69, 9.17) is 4.74 Å². The van der Waals surface area contributed by atoms with Crippen LogP contribution in [0.3, 0.4) is 0 Å². The van der Waals surface area contributed by atoms with Crippen LogP contribution >= 0.6 is 0 Å². The molecule has 2 N–H and O–H groups in total. The summed E-state index contributed by atoms with van der Waals surface area (Å²) in [6.45, 7) is 0.940. The fourth-order valence-electron chi connectivity index (χ4n) is 6.00. The number of hydrogen-bond donors (Lipinski definition) is 2. The highest BCUT2D eigenvalue weighted by atomic mass is 16.5. The van der Waals surface area contributed by atoms with Crippen LogP contribution in [-0.4, -0.2) is 40.4 Å². The van der Waals surface area contributed by atoms with Gasteiger partial charge in [0.2, 0.25) is 17.7 Å². The van der Waals surface area contributed by atoms with E-state index in [2.05, 4.69) is 10.6 Å². The molecule has 38 heavy (non-hydrogen) atoms. The molecular weight excluding hydrogens is 478 g/mol. The minimum atomic E-state index is -1.19. The van der Waals surface area contributed by atoms with Gasteiger partial charge in [0.1, 0.15) is 11.6 Å². The SMILES string of the molecule is O=C(NCc1ccccc1)[C@@H]1[C@@H]2C=C[C@]3(O2)[C@H](C(=O)NCc2ccccc2)N(Cc2ccccc2)C(=O)[C@@H]13. The molecule has 3 aromatic carbocycles. The third-order valence-electron chi connectivity index (χ3n) is 7.74. The first kappa shape index (κ1) is 24.1. The standard InChI is InChI=1S/C31H29N3O4/c35-28(32-18-21-10-4-1-5-11-21)25-24-16-17-31(38-24)26(25)30(37)34(20-23-14-8-3-9-15-23)27(31)29(36)33-19-22-12-6-2-7-13-22/h1-17,24-27H,18-20H2,(H,32,35)(H,33,36)/t24-,25+,26+,27-,31+/m0/s1. The Bertz CT molecular complexity index is 1360. The number of fused-ring (bicyclic) bond motifs is 1. The van der Waals surface area contributed by atoms with E-state index in [0.29, 0.717) is 13.1 Å². The van der Waals surface area contributed by atoms with Gasteiger partial charge in [0, 0.05) is 19.6 Å². The van der Waals surface area contributed by atoms with Gasteiger partial charge >= 0.3 is 0 Å². The average Bonchev–Trinajstić information content (AvgIpc) is 3.60. The topological polar surface area (TPSA) is 87.7 Å². The molecule has 0 aliphatic carbocycles. The van der Waals surface area contributed by atoms with Crippen molar-refractivity contribution in [2.24, 2.45) is 11.8 Å². The second-order valence-corrected chi connectivity index (χ2v) is 10.1. The summed E-state index contributed by atoms with van der Waals surface area (Å²) in [6, 6.07) is 27.9. The van der Waals surface area contributed by atoms with Crippen LogP contribution in [0.15, 0.2) is 103 Å². The van der Waals surface area contributed by atoms with Gasteiger partial charge < -0.3 is 20.3 Å². The Balaban J connectivity index is 1.28. The smallest absolute Gasteiger partial charge is 0.246 e. The predicted molar refractivity (Wildman–Crippen MR) is 141 cm³/mol. The van der Waals surface area contributed by atoms with E-state index >= 15 is 0 Å². The number of nitrogens with zero attached hydrogens (tertiary/aromatic N) is 1. The minimum Gasteiger partial charge on any atom is -0.359 e. The van der Waals surface area contributed by atoms with Gasteiger partial charge in [0.15, 0.2) is 0 Å². The minimum absolute atomic E-state index is 0.236. The predicted octanol–water partition coefficient (Wildman–Crippen LogP) is 2.97. The van der Waals surface area contributed by atoms with Crippen molar-refractivity contribution in [3.63, 3.8) is 0 Å². The van der Waals surface area contributed by atoms with Gasteiger partial charge in [-0.05, 0) is 16.7 Å². The van der Waals surface area contributed by atoms with Crippen LogP contribution in [0.4, 0.5) is 0 Å². The lowest BCUT2D eigenvalue weighted by Gasteiger charge is -2.32. The van der Waals surface area contributed by atoms with E-state index in [1.165, 1.54) is 0 Å². The number of hydrogen-bond acceptors (Lipinski definition) is 4. The van der Waals surface area contributed by atoms with Crippen molar-refractivity contribution in [2.45, 2.75) is 37.4 Å². The highest BCUT2D eigenvalue weighted by Crippen LogP contribution is 2.55. The van der Waals surface area contributed by atoms with Gasteiger partial charge in [0.25, 0.3) is 0 Å². The second kappa shape index (κ2) is 9.91. The molecule has 5 atom stereocenters. The molecule has 3 aliphatic rings. The summed E-state index contributed by atoms with van der Waals surface area (Å²) in [5.74, 6) is -2.25. The van der Waals surface area contributed by atoms with Crippen molar-refractivity contribution in [1.82, 2.24) is 15.5 Å². The normalized spacial score (nSPS) is 26.8. The molecule has 3 aliphatic heterocycles. The van der Waals surface area contributed by atoms with Crippen molar-refractivity contribution in [3.05, 3.63) is 120 Å². The third kappa shape index (κ3) is 4.19. The van der Waals surface area contributed by atoms with Crippen LogP contribution in [0, 0.1) is 11.8 Å². The summed E-state index contributed by atoms with van der Waals surface area (Å²) in [7, 11) is 0. The van der Waals surface area contributed by atoms with E-state index in [9.17, 15) is 14.4 Å². The van der Waals surface area contributed by atoms with Gasteiger partial charge in [-0.25, -0.2) is 0 Å². The van der Waals surface area contributed by atoms with E-state index in [0.717, 1.165) is 16.7 Å². The van der Waals surface area contributed by atoms with Gasteiger partial charge in [-0.3, -0.25) is 14.4 Å². The maximum atomic E-state index is 14.0. The van der Waals surface area contributed by atoms with Crippen molar-refractivity contribution in [2.75, 3.05) is 0 Å². The molecule has 3 amide bonds. The molecule has 0 aromatic heterocycles. The Morgan fingerprint density at radius 1 is 0.763 bits per heavy atom. The van der Waals surface area contributed by atoms with Gasteiger partial charge in [-0.2, -0.15) is 0 Å². The molecular formula is C31H29N3O4. The first-order chi connectivity index (χ1) is 18.6. The van der Waals surface area contributed by atoms with E-state index < -0.39 is 29.6 Å². The van der Waals surface area contributed by atoms with Crippen molar-refractivity contribution in [1.29, 1.82) is 0 Å². The summed E-state index contributed by atoms with van der Waals surface area (Å²) in [5, 5.41) is 6.00.